The fourth-order valence-corrected chi connectivity index (χ4v) is 2.89. The molecule has 0 bridgehead atoms. The summed E-state index contributed by atoms with van der Waals surface area (Å²) in [4.78, 5) is 23.0. The zero-order valence-electron chi connectivity index (χ0n) is 17.3. The van der Waals surface area contributed by atoms with Crippen molar-refractivity contribution in [2.75, 3.05) is 14.2 Å². The second-order valence-electron chi connectivity index (χ2n) is 6.56. The number of hydrogen-bond acceptors (Lipinski definition) is 7. The predicted molar refractivity (Wildman–Crippen MR) is 114 cm³/mol. The Kier molecular flexibility index (Phi) is 6.71. The van der Waals surface area contributed by atoms with Crippen LogP contribution in [0.1, 0.15) is 27.4 Å². The maximum absolute atomic E-state index is 12.6. The van der Waals surface area contributed by atoms with Gasteiger partial charge in [0.15, 0.2) is 5.78 Å². The Labute approximate surface area is 178 Å². The molecule has 0 fully saturated rings. The maximum Gasteiger partial charge on any atom is 0.272 e. The van der Waals surface area contributed by atoms with Crippen molar-refractivity contribution in [2.24, 2.45) is 0 Å². The topological polar surface area (TPSA) is 101 Å². The number of nitro groups is 1. The number of nitro benzene ring substituents is 1. The first kappa shape index (κ1) is 21.6. The van der Waals surface area contributed by atoms with Crippen LogP contribution >= 0.6 is 0 Å². The molecule has 0 spiro atoms. The standard InChI is InChI=1S/C23H21NO7/c1-15-12-18(6-9-21(15)24(26)27)30-14-19-5-4-16(31-19)7-10-22(25)20-13-17(28-2)8-11-23(20)29-3/h4-13H,14H2,1-3H3/b10-7+. The Bertz CT molecular complexity index is 1130. The van der Waals surface area contributed by atoms with Crippen molar-refractivity contribution < 1.29 is 28.3 Å². The smallest absolute Gasteiger partial charge is 0.272 e. The molecule has 31 heavy (non-hydrogen) atoms. The summed E-state index contributed by atoms with van der Waals surface area (Å²) >= 11 is 0. The van der Waals surface area contributed by atoms with Gasteiger partial charge in [0.2, 0.25) is 0 Å². The highest BCUT2D eigenvalue weighted by atomic mass is 16.6. The van der Waals surface area contributed by atoms with Crippen molar-refractivity contribution >= 4 is 17.5 Å². The zero-order valence-corrected chi connectivity index (χ0v) is 17.3. The van der Waals surface area contributed by atoms with E-state index in [9.17, 15) is 14.9 Å². The molecular weight excluding hydrogens is 402 g/mol. The van der Waals surface area contributed by atoms with Gasteiger partial charge >= 0.3 is 0 Å². The summed E-state index contributed by atoms with van der Waals surface area (Å²) in [6.07, 6.45) is 2.95. The van der Waals surface area contributed by atoms with E-state index in [1.165, 1.54) is 32.4 Å². The van der Waals surface area contributed by atoms with Crippen LogP contribution < -0.4 is 14.2 Å². The number of nitrogens with zero attached hydrogens (tertiary/aromatic N) is 1. The largest absolute Gasteiger partial charge is 0.497 e. The van der Waals surface area contributed by atoms with E-state index in [2.05, 4.69) is 0 Å². The minimum Gasteiger partial charge on any atom is -0.497 e. The molecule has 0 atom stereocenters. The summed E-state index contributed by atoms with van der Waals surface area (Å²) in [6.45, 7) is 1.79. The number of ether oxygens (including phenoxy) is 3. The van der Waals surface area contributed by atoms with Crippen molar-refractivity contribution in [3.05, 3.63) is 87.4 Å². The number of carbonyl (C=O) groups excluding carboxylic acids is 1. The second-order valence-corrected chi connectivity index (χ2v) is 6.56. The molecule has 8 nitrogen and oxygen atoms in total. The van der Waals surface area contributed by atoms with E-state index in [4.69, 9.17) is 18.6 Å². The molecule has 1 heterocycles. The third kappa shape index (κ3) is 5.30. The van der Waals surface area contributed by atoms with Crippen molar-refractivity contribution in [3.8, 4) is 17.2 Å². The first-order valence-corrected chi connectivity index (χ1v) is 9.32. The summed E-state index contributed by atoms with van der Waals surface area (Å²) in [6, 6.07) is 13.0. The summed E-state index contributed by atoms with van der Waals surface area (Å²) < 4.78 is 21.7. The van der Waals surface area contributed by atoms with Crippen LogP contribution in [0, 0.1) is 17.0 Å². The first-order valence-electron chi connectivity index (χ1n) is 9.32. The van der Waals surface area contributed by atoms with Gasteiger partial charge in [-0.3, -0.25) is 14.9 Å². The summed E-state index contributed by atoms with van der Waals surface area (Å²) in [5.41, 5.74) is 0.925. The molecular formula is C23H21NO7. The number of carbonyl (C=O) groups is 1. The molecule has 3 rings (SSSR count). The first-order chi connectivity index (χ1) is 14.9. The Morgan fingerprint density at radius 1 is 1.06 bits per heavy atom. The Balaban J connectivity index is 1.65. The minimum atomic E-state index is -0.438. The van der Waals surface area contributed by atoms with Crippen molar-refractivity contribution in [1.29, 1.82) is 0 Å². The van der Waals surface area contributed by atoms with Crippen LogP contribution in [0.2, 0.25) is 0 Å². The van der Waals surface area contributed by atoms with Crippen LogP contribution in [-0.4, -0.2) is 24.9 Å². The molecule has 0 aliphatic rings. The number of rotatable bonds is 9. The highest BCUT2D eigenvalue weighted by Gasteiger charge is 2.13. The molecule has 3 aromatic rings. The van der Waals surface area contributed by atoms with Gasteiger partial charge < -0.3 is 18.6 Å². The van der Waals surface area contributed by atoms with Crippen LogP contribution in [0.5, 0.6) is 17.2 Å². The Morgan fingerprint density at radius 2 is 1.84 bits per heavy atom. The fourth-order valence-electron chi connectivity index (χ4n) is 2.89. The van der Waals surface area contributed by atoms with Crippen LogP contribution in [0.4, 0.5) is 5.69 Å². The lowest BCUT2D eigenvalue weighted by molar-refractivity contribution is -0.385. The molecule has 0 amide bonds. The molecule has 0 radical (unpaired) electrons. The number of methoxy groups -OCH3 is 2. The van der Waals surface area contributed by atoms with Gasteiger partial charge in [0, 0.05) is 11.6 Å². The van der Waals surface area contributed by atoms with Gasteiger partial charge in [0.05, 0.1) is 24.7 Å². The highest BCUT2D eigenvalue weighted by Crippen LogP contribution is 2.26. The quantitative estimate of drug-likeness (QED) is 0.207. The number of furan rings is 1. The molecule has 0 aliphatic carbocycles. The average molecular weight is 423 g/mol. The number of ketones is 1. The number of allylic oxidation sites excluding steroid dienone is 1. The average Bonchev–Trinajstić information content (AvgIpc) is 3.23. The van der Waals surface area contributed by atoms with Crippen molar-refractivity contribution in [1.82, 2.24) is 0 Å². The molecule has 1 aromatic heterocycles. The van der Waals surface area contributed by atoms with Crippen LogP contribution in [0.25, 0.3) is 6.08 Å². The van der Waals surface area contributed by atoms with Gasteiger partial charge in [-0.1, -0.05) is 0 Å². The van der Waals surface area contributed by atoms with Gasteiger partial charge in [-0.25, -0.2) is 0 Å². The van der Waals surface area contributed by atoms with Gasteiger partial charge in [-0.15, -0.1) is 0 Å². The number of benzene rings is 2. The molecule has 0 saturated heterocycles. The molecule has 0 saturated carbocycles. The Hall–Kier alpha value is -4.07. The molecule has 0 unspecified atom stereocenters. The SMILES string of the molecule is COc1ccc(OC)c(C(=O)/C=C/c2ccc(COc3ccc([N+](=O)[O-])c(C)c3)o2)c1. The Morgan fingerprint density at radius 3 is 2.52 bits per heavy atom. The predicted octanol–water partition coefficient (Wildman–Crippen LogP) is 4.99. The van der Waals surface area contributed by atoms with E-state index < -0.39 is 4.92 Å². The zero-order chi connectivity index (χ0) is 22.4. The summed E-state index contributed by atoms with van der Waals surface area (Å²) in [7, 11) is 3.02. The molecule has 8 heteroatoms. The molecule has 160 valence electrons. The molecule has 2 aromatic carbocycles. The lowest BCUT2D eigenvalue weighted by Gasteiger charge is -2.07. The monoisotopic (exact) mass is 423 g/mol. The van der Waals surface area contributed by atoms with Gasteiger partial charge in [0.25, 0.3) is 5.69 Å². The van der Waals surface area contributed by atoms with E-state index in [1.54, 1.807) is 49.4 Å². The third-order valence-electron chi connectivity index (χ3n) is 4.50. The van der Waals surface area contributed by atoms with Gasteiger partial charge in [-0.2, -0.15) is 0 Å². The summed E-state index contributed by atoms with van der Waals surface area (Å²) in [5.74, 6) is 2.26. The number of aryl methyl sites for hydroxylation is 1. The van der Waals surface area contributed by atoms with E-state index in [0.29, 0.717) is 39.9 Å². The van der Waals surface area contributed by atoms with Crippen LogP contribution in [0.3, 0.4) is 0 Å². The van der Waals surface area contributed by atoms with E-state index >= 15 is 0 Å². The lowest BCUT2D eigenvalue weighted by atomic mass is 10.1. The van der Waals surface area contributed by atoms with Gasteiger partial charge in [-0.05, 0) is 61.5 Å². The molecule has 0 aliphatic heterocycles. The summed E-state index contributed by atoms with van der Waals surface area (Å²) in [5, 5.41) is 10.9. The van der Waals surface area contributed by atoms with Crippen molar-refractivity contribution in [2.45, 2.75) is 13.5 Å². The maximum atomic E-state index is 12.6. The second kappa shape index (κ2) is 9.62. The number of hydrogen-bond donors (Lipinski definition) is 0. The van der Waals surface area contributed by atoms with Crippen LogP contribution in [0.15, 0.2) is 59.0 Å². The van der Waals surface area contributed by atoms with E-state index in [-0.39, 0.29) is 18.1 Å². The van der Waals surface area contributed by atoms with Gasteiger partial charge in [0.1, 0.15) is 35.4 Å². The lowest BCUT2D eigenvalue weighted by Crippen LogP contribution is -1.99. The van der Waals surface area contributed by atoms with Crippen LogP contribution in [-0.2, 0) is 6.61 Å². The fraction of sp³-hybridized carbons (Fsp3) is 0.174. The van der Waals surface area contributed by atoms with E-state index in [0.717, 1.165) is 0 Å². The minimum absolute atomic E-state index is 0.0371. The third-order valence-corrected chi connectivity index (χ3v) is 4.50. The molecule has 0 N–H and O–H groups in total. The van der Waals surface area contributed by atoms with Crippen molar-refractivity contribution in [3.63, 3.8) is 0 Å². The normalized spacial score (nSPS) is 10.8. The highest BCUT2D eigenvalue weighted by molar-refractivity contribution is 6.08. The van der Waals surface area contributed by atoms with E-state index in [1.807, 2.05) is 0 Å².